The number of halogens is 1. The second-order valence-corrected chi connectivity index (χ2v) is 5.38. The van der Waals surface area contributed by atoms with Gasteiger partial charge in [0, 0.05) is 0 Å². The number of phenolic OH excluding ortho intramolecular Hbond substituents is 1. The first kappa shape index (κ1) is 15.5. The highest BCUT2D eigenvalue weighted by molar-refractivity contribution is 5.28. The second kappa shape index (κ2) is 7.79. The minimum atomic E-state index is -0.188. The van der Waals surface area contributed by atoms with Crippen molar-refractivity contribution in [2.75, 3.05) is 13.1 Å². The number of nitrogens with one attached hydrogen (secondary N) is 1. The van der Waals surface area contributed by atoms with E-state index >= 15 is 0 Å². The molecule has 1 unspecified atom stereocenters. The van der Waals surface area contributed by atoms with E-state index in [4.69, 9.17) is 0 Å². The predicted molar refractivity (Wildman–Crippen MR) is 83.9 cm³/mol. The molecular formula is C18H22FNO. The summed E-state index contributed by atoms with van der Waals surface area (Å²) in [6, 6.07) is 14.1. The molecule has 2 nitrogen and oxygen atoms in total. The maximum atomic E-state index is 13.3. The van der Waals surface area contributed by atoms with E-state index in [9.17, 15) is 9.50 Å². The van der Waals surface area contributed by atoms with Gasteiger partial charge in [0.2, 0.25) is 0 Å². The number of rotatable bonds is 7. The molecule has 112 valence electrons. The van der Waals surface area contributed by atoms with Crippen LogP contribution in [-0.4, -0.2) is 18.2 Å². The summed E-state index contributed by atoms with van der Waals surface area (Å²) in [7, 11) is 0. The Bertz CT molecular complexity index is 523. The van der Waals surface area contributed by atoms with Crippen LogP contribution in [0.25, 0.3) is 0 Å². The van der Waals surface area contributed by atoms with Gasteiger partial charge in [0.15, 0.2) is 0 Å². The molecule has 0 aliphatic carbocycles. The molecule has 0 amide bonds. The molecule has 2 rings (SSSR count). The summed E-state index contributed by atoms with van der Waals surface area (Å²) in [4.78, 5) is 0. The fourth-order valence-corrected chi connectivity index (χ4v) is 2.58. The van der Waals surface area contributed by atoms with E-state index < -0.39 is 0 Å². The van der Waals surface area contributed by atoms with Gasteiger partial charge in [-0.05, 0) is 67.2 Å². The summed E-state index contributed by atoms with van der Waals surface area (Å²) in [5.74, 6) is 0.473. The SMILES string of the molecule is CCNCC(Cc1cccc(O)c1)Cc1cccc(F)c1. The van der Waals surface area contributed by atoms with Crippen LogP contribution in [0, 0.1) is 11.7 Å². The topological polar surface area (TPSA) is 32.3 Å². The maximum absolute atomic E-state index is 13.3. The zero-order chi connectivity index (χ0) is 15.1. The fourth-order valence-electron chi connectivity index (χ4n) is 2.58. The molecule has 0 spiro atoms. The third-order valence-electron chi connectivity index (χ3n) is 3.53. The highest BCUT2D eigenvalue weighted by Gasteiger charge is 2.11. The highest BCUT2D eigenvalue weighted by atomic mass is 19.1. The van der Waals surface area contributed by atoms with E-state index in [1.807, 2.05) is 18.2 Å². The van der Waals surface area contributed by atoms with Crippen molar-refractivity contribution in [1.82, 2.24) is 5.32 Å². The molecule has 21 heavy (non-hydrogen) atoms. The molecule has 0 aromatic heterocycles. The van der Waals surface area contributed by atoms with Crippen molar-refractivity contribution in [3.63, 3.8) is 0 Å². The van der Waals surface area contributed by atoms with Crippen molar-refractivity contribution in [1.29, 1.82) is 0 Å². The Balaban J connectivity index is 2.06. The molecule has 0 heterocycles. The Morgan fingerprint density at radius 1 is 1.05 bits per heavy atom. The van der Waals surface area contributed by atoms with Gasteiger partial charge in [-0.25, -0.2) is 4.39 Å². The standard InChI is InChI=1S/C18H22FNO/c1-2-20-13-16(9-14-5-3-7-17(19)11-14)10-15-6-4-8-18(21)12-15/h3-8,11-12,16,20-21H,2,9-10,13H2,1H3. The Morgan fingerprint density at radius 3 is 2.33 bits per heavy atom. The molecule has 0 fully saturated rings. The average Bonchev–Trinajstić information content (AvgIpc) is 2.45. The van der Waals surface area contributed by atoms with E-state index in [-0.39, 0.29) is 5.82 Å². The molecule has 0 bridgehead atoms. The second-order valence-electron chi connectivity index (χ2n) is 5.38. The normalized spacial score (nSPS) is 12.3. The molecular weight excluding hydrogens is 265 g/mol. The van der Waals surface area contributed by atoms with E-state index in [2.05, 4.69) is 12.2 Å². The summed E-state index contributed by atoms with van der Waals surface area (Å²) in [6.45, 7) is 3.87. The van der Waals surface area contributed by atoms with E-state index in [0.29, 0.717) is 11.7 Å². The Morgan fingerprint density at radius 2 is 1.71 bits per heavy atom. The van der Waals surface area contributed by atoms with Crippen LogP contribution in [0.15, 0.2) is 48.5 Å². The summed E-state index contributed by atoms with van der Waals surface area (Å²) in [5, 5.41) is 12.9. The van der Waals surface area contributed by atoms with Crippen LogP contribution in [0.3, 0.4) is 0 Å². The van der Waals surface area contributed by atoms with Crippen LogP contribution in [0.5, 0.6) is 5.75 Å². The molecule has 0 aliphatic heterocycles. The van der Waals surface area contributed by atoms with Crippen molar-refractivity contribution in [2.45, 2.75) is 19.8 Å². The summed E-state index contributed by atoms with van der Waals surface area (Å²) >= 11 is 0. The van der Waals surface area contributed by atoms with Crippen molar-refractivity contribution in [3.05, 3.63) is 65.5 Å². The Labute approximate surface area is 125 Å². The first-order valence-corrected chi connectivity index (χ1v) is 7.40. The molecule has 2 aromatic carbocycles. The van der Waals surface area contributed by atoms with Crippen LogP contribution >= 0.6 is 0 Å². The monoisotopic (exact) mass is 287 g/mol. The predicted octanol–water partition coefficient (Wildman–Crippen LogP) is 3.54. The third-order valence-corrected chi connectivity index (χ3v) is 3.53. The highest BCUT2D eigenvalue weighted by Crippen LogP contribution is 2.18. The summed E-state index contributed by atoms with van der Waals surface area (Å²) in [5.41, 5.74) is 2.12. The molecule has 0 saturated heterocycles. The lowest BCUT2D eigenvalue weighted by Gasteiger charge is -2.18. The van der Waals surface area contributed by atoms with Gasteiger partial charge in [0.05, 0.1) is 0 Å². The van der Waals surface area contributed by atoms with Crippen LogP contribution in [0.4, 0.5) is 4.39 Å². The van der Waals surface area contributed by atoms with Gasteiger partial charge >= 0.3 is 0 Å². The number of benzene rings is 2. The number of aromatic hydroxyl groups is 1. The number of hydrogen-bond acceptors (Lipinski definition) is 2. The fraction of sp³-hybridized carbons (Fsp3) is 0.333. The minimum Gasteiger partial charge on any atom is -0.508 e. The summed E-state index contributed by atoms with van der Waals surface area (Å²) in [6.07, 6.45) is 1.68. The van der Waals surface area contributed by atoms with E-state index in [0.717, 1.165) is 37.1 Å². The lowest BCUT2D eigenvalue weighted by molar-refractivity contribution is 0.465. The quantitative estimate of drug-likeness (QED) is 0.816. The van der Waals surface area contributed by atoms with Crippen LogP contribution in [0.2, 0.25) is 0 Å². The lowest BCUT2D eigenvalue weighted by Crippen LogP contribution is -2.25. The minimum absolute atomic E-state index is 0.188. The first-order chi connectivity index (χ1) is 10.2. The first-order valence-electron chi connectivity index (χ1n) is 7.40. The molecule has 2 N–H and O–H groups in total. The largest absolute Gasteiger partial charge is 0.508 e. The Kier molecular flexibility index (Phi) is 5.76. The van der Waals surface area contributed by atoms with Gasteiger partial charge in [-0.1, -0.05) is 31.2 Å². The molecule has 1 atom stereocenters. The molecule has 3 heteroatoms. The van der Waals surface area contributed by atoms with Crippen molar-refractivity contribution in [2.24, 2.45) is 5.92 Å². The molecule has 2 aromatic rings. The van der Waals surface area contributed by atoms with Gasteiger partial charge in [0.1, 0.15) is 11.6 Å². The van der Waals surface area contributed by atoms with Crippen molar-refractivity contribution in [3.8, 4) is 5.75 Å². The lowest BCUT2D eigenvalue weighted by atomic mass is 9.92. The van der Waals surface area contributed by atoms with Gasteiger partial charge in [0.25, 0.3) is 0 Å². The van der Waals surface area contributed by atoms with Crippen molar-refractivity contribution >= 4 is 0 Å². The van der Waals surface area contributed by atoms with Crippen LogP contribution in [0.1, 0.15) is 18.1 Å². The molecule has 0 aliphatic rings. The summed E-state index contributed by atoms with van der Waals surface area (Å²) < 4.78 is 13.3. The Hall–Kier alpha value is -1.87. The van der Waals surface area contributed by atoms with E-state index in [1.165, 1.54) is 6.07 Å². The van der Waals surface area contributed by atoms with Crippen LogP contribution in [-0.2, 0) is 12.8 Å². The van der Waals surface area contributed by atoms with Gasteiger partial charge < -0.3 is 10.4 Å². The van der Waals surface area contributed by atoms with Crippen molar-refractivity contribution < 1.29 is 9.50 Å². The van der Waals surface area contributed by atoms with E-state index in [1.54, 1.807) is 24.3 Å². The average molecular weight is 287 g/mol. The molecule has 0 radical (unpaired) electrons. The zero-order valence-electron chi connectivity index (χ0n) is 12.3. The smallest absolute Gasteiger partial charge is 0.123 e. The van der Waals surface area contributed by atoms with Gasteiger partial charge in [-0.2, -0.15) is 0 Å². The van der Waals surface area contributed by atoms with Crippen LogP contribution < -0.4 is 5.32 Å². The number of hydrogen-bond donors (Lipinski definition) is 2. The number of phenols is 1. The zero-order valence-corrected chi connectivity index (χ0v) is 12.3. The molecule has 0 saturated carbocycles. The van der Waals surface area contributed by atoms with Gasteiger partial charge in [-0.15, -0.1) is 0 Å². The van der Waals surface area contributed by atoms with Gasteiger partial charge in [-0.3, -0.25) is 0 Å². The maximum Gasteiger partial charge on any atom is 0.123 e. The third kappa shape index (κ3) is 5.20.